The first-order chi connectivity index (χ1) is 10.8. The highest BCUT2D eigenvalue weighted by molar-refractivity contribution is 7.88. The number of rotatable bonds is 4. The number of aromatic amines is 1. The first-order valence-corrected chi connectivity index (χ1v) is 9.31. The lowest BCUT2D eigenvalue weighted by Crippen LogP contribution is -2.27. The van der Waals surface area contributed by atoms with Crippen LogP contribution in [0.1, 0.15) is 28.1 Å². The zero-order valence-electron chi connectivity index (χ0n) is 14.0. The molecule has 0 saturated carbocycles. The minimum absolute atomic E-state index is 0.332. The predicted octanol–water partition coefficient (Wildman–Crippen LogP) is 2.75. The Labute approximate surface area is 138 Å². The van der Waals surface area contributed by atoms with E-state index in [-0.39, 0.29) is 0 Å². The quantitative estimate of drug-likeness (QED) is 0.692. The number of benzene rings is 1. The minimum atomic E-state index is -3.37. The third kappa shape index (κ3) is 4.90. The van der Waals surface area contributed by atoms with E-state index in [1.54, 1.807) is 0 Å². The first-order valence-electron chi connectivity index (χ1n) is 7.47. The number of nitrogens with zero attached hydrogens (tertiary/aromatic N) is 1. The van der Waals surface area contributed by atoms with Gasteiger partial charge in [0.25, 0.3) is 0 Å². The van der Waals surface area contributed by atoms with Gasteiger partial charge in [-0.15, -0.1) is 0 Å². The van der Waals surface area contributed by atoms with Gasteiger partial charge in [-0.2, -0.15) is 0 Å². The summed E-state index contributed by atoms with van der Waals surface area (Å²) in [7, 11) is -3.37. The summed E-state index contributed by atoms with van der Waals surface area (Å²) in [5.41, 5.74) is 5.22. The third-order valence-electron chi connectivity index (χ3n) is 3.60. The molecule has 23 heavy (non-hydrogen) atoms. The zero-order valence-corrected chi connectivity index (χ0v) is 14.8. The van der Waals surface area contributed by atoms with Crippen molar-refractivity contribution in [2.45, 2.75) is 27.2 Å². The molecular weight excluding hydrogens is 308 g/mol. The number of nitrogens with one attached hydrogen (secondary N) is 1. The van der Waals surface area contributed by atoms with Crippen LogP contribution in [0.25, 0.3) is 0 Å². The van der Waals surface area contributed by atoms with E-state index in [0.29, 0.717) is 13.0 Å². The highest BCUT2D eigenvalue weighted by atomic mass is 32.2. The van der Waals surface area contributed by atoms with Crippen molar-refractivity contribution in [3.05, 3.63) is 58.4 Å². The summed E-state index contributed by atoms with van der Waals surface area (Å²) >= 11 is 0. The molecule has 1 heterocycles. The van der Waals surface area contributed by atoms with Crippen LogP contribution in [-0.4, -0.2) is 30.5 Å². The Kier molecular flexibility index (Phi) is 5.17. The van der Waals surface area contributed by atoms with Crippen LogP contribution >= 0.6 is 0 Å². The first kappa shape index (κ1) is 17.2. The standard InChI is InChI=1S/C18H22N2O2S/c1-14-5-7-17(8-6-14)9-11-20(23(4,21)22)12-10-18-15(2)13-16(3)19-18/h5-8,13,19H,10,12H2,1-4H3. The van der Waals surface area contributed by atoms with Crippen molar-refractivity contribution in [1.29, 1.82) is 0 Å². The van der Waals surface area contributed by atoms with E-state index in [9.17, 15) is 8.42 Å². The van der Waals surface area contributed by atoms with Gasteiger partial charge in [0.1, 0.15) is 0 Å². The van der Waals surface area contributed by atoms with Gasteiger partial charge in [-0.05, 0) is 50.5 Å². The van der Waals surface area contributed by atoms with Gasteiger partial charge in [0.2, 0.25) is 10.0 Å². The summed E-state index contributed by atoms with van der Waals surface area (Å²) < 4.78 is 25.1. The highest BCUT2D eigenvalue weighted by Gasteiger charge is 2.13. The molecule has 0 amide bonds. The van der Waals surface area contributed by atoms with Gasteiger partial charge in [0.15, 0.2) is 0 Å². The molecule has 0 radical (unpaired) electrons. The van der Waals surface area contributed by atoms with Crippen molar-refractivity contribution < 1.29 is 8.42 Å². The molecule has 0 aliphatic heterocycles. The van der Waals surface area contributed by atoms with Gasteiger partial charge in [-0.3, -0.25) is 0 Å². The Morgan fingerprint density at radius 2 is 1.78 bits per heavy atom. The molecule has 1 aromatic carbocycles. The number of sulfonamides is 1. The minimum Gasteiger partial charge on any atom is -0.362 e. The predicted molar refractivity (Wildman–Crippen MR) is 93.6 cm³/mol. The van der Waals surface area contributed by atoms with Crippen molar-refractivity contribution in [3.8, 4) is 12.0 Å². The number of aryl methyl sites for hydroxylation is 3. The Balaban J connectivity index is 2.15. The molecule has 4 nitrogen and oxygen atoms in total. The largest absolute Gasteiger partial charge is 0.362 e. The molecule has 0 bridgehead atoms. The molecule has 0 atom stereocenters. The molecule has 0 aliphatic carbocycles. The van der Waals surface area contributed by atoms with E-state index in [0.717, 1.165) is 28.1 Å². The molecule has 0 spiro atoms. The van der Waals surface area contributed by atoms with Crippen LogP contribution in [0.15, 0.2) is 30.3 Å². The van der Waals surface area contributed by atoms with E-state index in [4.69, 9.17) is 0 Å². The maximum absolute atomic E-state index is 11.9. The maximum Gasteiger partial charge on any atom is 0.238 e. The van der Waals surface area contributed by atoms with Crippen LogP contribution < -0.4 is 0 Å². The third-order valence-corrected chi connectivity index (χ3v) is 4.67. The molecule has 2 rings (SSSR count). The van der Waals surface area contributed by atoms with Gasteiger partial charge in [-0.25, -0.2) is 12.7 Å². The van der Waals surface area contributed by atoms with Crippen molar-refractivity contribution in [2.75, 3.05) is 12.8 Å². The molecule has 0 aliphatic rings. The fraction of sp³-hybridized carbons (Fsp3) is 0.333. The molecule has 0 unspecified atom stereocenters. The summed E-state index contributed by atoms with van der Waals surface area (Å²) in [6.07, 6.45) is 1.79. The molecule has 0 saturated heterocycles. The Bertz CT molecular complexity index is 837. The van der Waals surface area contributed by atoms with Crippen molar-refractivity contribution in [2.24, 2.45) is 0 Å². The Morgan fingerprint density at radius 1 is 1.13 bits per heavy atom. The number of H-pyrrole nitrogens is 1. The van der Waals surface area contributed by atoms with Gasteiger partial charge < -0.3 is 4.98 Å². The van der Waals surface area contributed by atoms with E-state index in [1.165, 1.54) is 10.6 Å². The summed E-state index contributed by atoms with van der Waals surface area (Å²) in [4.78, 5) is 3.26. The van der Waals surface area contributed by atoms with Crippen LogP contribution in [0.4, 0.5) is 0 Å². The summed E-state index contributed by atoms with van der Waals surface area (Å²) in [5.74, 6) is 2.92. The second-order valence-corrected chi connectivity index (χ2v) is 7.71. The van der Waals surface area contributed by atoms with Gasteiger partial charge in [0.05, 0.1) is 6.26 Å². The summed E-state index contributed by atoms with van der Waals surface area (Å²) in [5, 5.41) is 0. The van der Waals surface area contributed by atoms with Crippen LogP contribution in [0.3, 0.4) is 0 Å². The molecule has 1 aromatic heterocycles. The topological polar surface area (TPSA) is 53.2 Å². The van der Waals surface area contributed by atoms with E-state index < -0.39 is 10.0 Å². The summed E-state index contributed by atoms with van der Waals surface area (Å²) in [6, 6.07) is 12.5. The molecule has 5 heteroatoms. The monoisotopic (exact) mass is 330 g/mol. The van der Waals surface area contributed by atoms with Crippen LogP contribution in [0, 0.1) is 32.7 Å². The fourth-order valence-electron chi connectivity index (χ4n) is 2.33. The van der Waals surface area contributed by atoms with E-state index in [2.05, 4.69) is 23.0 Å². The normalized spacial score (nSPS) is 11.0. The van der Waals surface area contributed by atoms with Crippen LogP contribution in [0.2, 0.25) is 0 Å². The molecule has 0 fully saturated rings. The average Bonchev–Trinajstić information content (AvgIpc) is 2.77. The smallest absolute Gasteiger partial charge is 0.238 e. The fourth-order valence-corrected chi connectivity index (χ4v) is 2.96. The Morgan fingerprint density at radius 3 is 2.30 bits per heavy atom. The lowest BCUT2D eigenvalue weighted by Gasteiger charge is -2.14. The maximum atomic E-state index is 11.9. The number of hydrogen-bond acceptors (Lipinski definition) is 2. The second-order valence-electron chi connectivity index (χ2n) is 5.80. The number of hydrogen-bond donors (Lipinski definition) is 1. The lowest BCUT2D eigenvalue weighted by molar-refractivity contribution is 0.517. The van der Waals surface area contributed by atoms with E-state index >= 15 is 0 Å². The number of aromatic nitrogens is 1. The molecular formula is C18H22N2O2S. The van der Waals surface area contributed by atoms with Crippen molar-refractivity contribution in [3.63, 3.8) is 0 Å². The zero-order chi connectivity index (χ0) is 17.0. The lowest BCUT2D eigenvalue weighted by atomic mass is 10.2. The van der Waals surface area contributed by atoms with Crippen molar-refractivity contribution >= 4 is 10.0 Å². The SMILES string of the molecule is Cc1ccc(C#CN(CCc2[nH]c(C)cc2C)S(C)(=O)=O)cc1. The molecule has 122 valence electrons. The van der Waals surface area contributed by atoms with Crippen molar-refractivity contribution in [1.82, 2.24) is 9.29 Å². The van der Waals surface area contributed by atoms with E-state index in [1.807, 2.05) is 45.0 Å². The average molecular weight is 330 g/mol. The highest BCUT2D eigenvalue weighted by Crippen LogP contribution is 2.11. The summed E-state index contributed by atoms with van der Waals surface area (Å²) in [6.45, 7) is 6.34. The van der Waals surface area contributed by atoms with Gasteiger partial charge in [0, 0.05) is 36.0 Å². The Hall–Kier alpha value is -2.19. The molecule has 2 aromatic rings. The van der Waals surface area contributed by atoms with Crippen LogP contribution in [0.5, 0.6) is 0 Å². The molecule has 1 N–H and O–H groups in total. The van der Waals surface area contributed by atoms with Crippen LogP contribution in [-0.2, 0) is 16.4 Å². The van der Waals surface area contributed by atoms with Gasteiger partial charge in [-0.1, -0.05) is 17.7 Å². The van der Waals surface area contributed by atoms with Gasteiger partial charge >= 0.3 is 0 Å². The second kappa shape index (κ2) is 6.93.